The number of benzene rings is 1. The van der Waals surface area contributed by atoms with Crippen molar-refractivity contribution in [2.24, 2.45) is 5.73 Å². The van der Waals surface area contributed by atoms with Gasteiger partial charge in [-0.15, -0.1) is 0 Å². The quantitative estimate of drug-likeness (QED) is 0.845. The van der Waals surface area contributed by atoms with Crippen LogP contribution in [0.25, 0.3) is 0 Å². The fraction of sp³-hybridized carbons (Fsp3) is 0.455. The number of aryl methyl sites for hydroxylation is 1. The van der Waals surface area contributed by atoms with Gasteiger partial charge in [0.05, 0.1) is 4.90 Å². The molecule has 4 heteroatoms. The van der Waals surface area contributed by atoms with E-state index in [0.29, 0.717) is 11.3 Å². The number of sulfone groups is 1. The molecule has 15 heavy (non-hydrogen) atoms. The van der Waals surface area contributed by atoms with Crippen LogP contribution in [-0.4, -0.2) is 20.7 Å². The van der Waals surface area contributed by atoms with Gasteiger partial charge in [-0.05, 0) is 31.4 Å². The Morgan fingerprint density at radius 3 is 2.47 bits per heavy atom. The van der Waals surface area contributed by atoms with Crippen LogP contribution < -0.4 is 5.73 Å². The molecular weight excluding hydrogens is 210 g/mol. The maximum Gasteiger partial charge on any atom is 0.175 e. The molecule has 1 aromatic carbocycles. The molecule has 0 unspecified atom stereocenters. The zero-order valence-corrected chi connectivity index (χ0v) is 9.92. The molecule has 0 saturated heterocycles. The molecule has 0 fully saturated rings. The van der Waals surface area contributed by atoms with Crippen molar-refractivity contribution in [2.75, 3.05) is 6.26 Å². The van der Waals surface area contributed by atoms with Crippen LogP contribution in [0.4, 0.5) is 0 Å². The molecule has 0 amide bonds. The maximum absolute atomic E-state index is 11.5. The lowest BCUT2D eigenvalue weighted by molar-refractivity contribution is 0.598. The first-order chi connectivity index (χ1) is 6.91. The number of hydrogen-bond acceptors (Lipinski definition) is 3. The normalized spacial score (nSPS) is 13.8. The van der Waals surface area contributed by atoms with E-state index in [2.05, 4.69) is 0 Å². The summed E-state index contributed by atoms with van der Waals surface area (Å²) in [6, 6.07) is 7.18. The number of rotatable bonds is 4. The first kappa shape index (κ1) is 12.2. The second kappa shape index (κ2) is 4.77. The van der Waals surface area contributed by atoms with Gasteiger partial charge in [0.1, 0.15) is 0 Å². The average molecular weight is 227 g/mol. The van der Waals surface area contributed by atoms with E-state index in [0.717, 1.165) is 12.0 Å². The summed E-state index contributed by atoms with van der Waals surface area (Å²) in [5, 5.41) is 0. The van der Waals surface area contributed by atoms with Gasteiger partial charge in [-0.2, -0.15) is 0 Å². The molecule has 0 spiro atoms. The average Bonchev–Trinajstić information content (AvgIpc) is 2.13. The van der Waals surface area contributed by atoms with Crippen molar-refractivity contribution in [3.05, 3.63) is 29.8 Å². The van der Waals surface area contributed by atoms with Crippen molar-refractivity contribution < 1.29 is 8.42 Å². The Kier molecular flexibility index (Phi) is 3.88. The van der Waals surface area contributed by atoms with Crippen LogP contribution in [0.15, 0.2) is 29.2 Å². The predicted molar refractivity (Wildman–Crippen MR) is 61.5 cm³/mol. The van der Waals surface area contributed by atoms with E-state index < -0.39 is 9.84 Å². The molecule has 84 valence electrons. The van der Waals surface area contributed by atoms with Gasteiger partial charge in [-0.3, -0.25) is 0 Å². The van der Waals surface area contributed by atoms with Crippen molar-refractivity contribution >= 4 is 9.84 Å². The summed E-state index contributed by atoms with van der Waals surface area (Å²) >= 11 is 0. The molecule has 0 saturated carbocycles. The minimum Gasteiger partial charge on any atom is -0.328 e. The van der Waals surface area contributed by atoms with Crippen LogP contribution >= 0.6 is 0 Å². The fourth-order valence-corrected chi connectivity index (χ4v) is 2.43. The van der Waals surface area contributed by atoms with Gasteiger partial charge >= 0.3 is 0 Å². The Labute approximate surface area is 91.2 Å². The van der Waals surface area contributed by atoms with E-state index >= 15 is 0 Å². The predicted octanol–water partition coefficient (Wildman–Crippen LogP) is 1.37. The highest BCUT2D eigenvalue weighted by Gasteiger charge is 2.12. The summed E-state index contributed by atoms with van der Waals surface area (Å²) in [5.41, 5.74) is 6.51. The molecule has 1 atom stereocenters. The van der Waals surface area contributed by atoms with Gasteiger partial charge in [0, 0.05) is 12.3 Å². The second-order valence-corrected chi connectivity index (χ2v) is 5.88. The molecule has 3 nitrogen and oxygen atoms in total. The lowest BCUT2D eigenvalue weighted by atomic mass is 10.1. The minimum atomic E-state index is -3.12. The molecular formula is C11H17NO2S. The zero-order valence-electron chi connectivity index (χ0n) is 9.10. The molecule has 2 N–H and O–H groups in total. The summed E-state index contributed by atoms with van der Waals surface area (Å²) in [5.74, 6) is 0. The minimum absolute atomic E-state index is 0.0950. The van der Waals surface area contributed by atoms with E-state index in [1.54, 1.807) is 12.1 Å². The van der Waals surface area contributed by atoms with E-state index in [-0.39, 0.29) is 6.04 Å². The molecule has 0 aliphatic carbocycles. The Bertz CT molecular complexity index is 424. The third-order valence-corrected chi connectivity index (χ3v) is 3.44. The van der Waals surface area contributed by atoms with Gasteiger partial charge in [0.25, 0.3) is 0 Å². The highest BCUT2D eigenvalue weighted by atomic mass is 32.2. The lowest BCUT2D eigenvalue weighted by Crippen LogP contribution is -2.16. The molecule has 0 aromatic heterocycles. The Morgan fingerprint density at radius 2 is 1.93 bits per heavy atom. The Morgan fingerprint density at radius 1 is 1.33 bits per heavy atom. The summed E-state index contributed by atoms with van der Waals surface area (Å²) < 4.78 is 22.9. The highest BCUT2D eigenvalue weighted by molar-refractivity contribution is 7.90. The van der Waals surface area contributed by atoms with Crippen LogP contribution in [0, 0.1) is 0 Å². The molecule has 0 aliphatic heterocycles. The number of hydrogen-bond donors (Lipinski definition) is 1. The lowest BCUT2D eigenvalue weighted by Gasteiger charge is -2.09. The van der Waals surface area contributed by atoms with Crippen molar-refractivity contribution in [3.8, 4) is 0 Å². The zero-order chi connectivity index (χ0) is 11.5. The van der Waals surface area contributed by atoms with Crippen molar-refractivity contribution in [1.82, 2.24) is 0 Å². The maximum atomic E-state index is 11.5. The molecule has 0 bridgehead atoms. The van der Waals surface area contributed by atoms with Crippen molar-refractivity contribution in [3.63, 3.8) is 0 Å². The third-order valence-electron chi connectivity index (χ3n) is 2.24. The first-order valence-electron chi connectivity index (χ1n) is 4.95. The van der Waals surface area contributed by atoms with Crippen LogP contribution in [0.2, 0.25) is 0 Å². The largest absolute Gasteiger partial charge is 0.328 e. The van der Waals surface area contributed by atoms with Crippen LogP contribution in [-0.2, 0) is 16.3 Å². The van der Waals surface area contributed by atoms with Crippen LogP contribution in [0.3, 0.4) is 0 Å². The van der Waals surface area contributed by atoms with Gasteiger partial charge in [0.2, 0.25) is 0 Å². The molecule has 0 heterocycles. The highest BCUT2D eigenvalue weighted by Crippen LogP contribution is 2.17. The topological polar surface area (TPSA) is 60.2 Å². The molecule has 1 rings (SSSR count). The van der Waals surface area contributed by atoms with E-state index in [4.69, 9.17) is 5.73 Å². The summed E-state index contributed by atoms with van der Waals surface area (Å²) in [6.07, 6.45) is 2.74. The monoisotopic (exact) mass is 227 g/mol. The van der Waals surface area contributed by atoms with Gasteiger partial charge < -0.3 is 5.73 Å². The van der Waals surface area contributed by atoms with Gasteiger partial charge in [0.15, 0.2) is 9.84 Å². The van der Waals surface area contributed by atoms with E-state index in [1.807, 2.05) is 19.1 Å². The second-order valence-electron chi connectivity index (χ2n) is 3.90. The fourth-order valence-electron chi connectivity index (χ4n) is 1.46. The number of nitrogens with two attached hydrogens (primary N) is 1. The molecule has 0 aliphatic rings. The molecule has 0 radical (unpaired) electrons. The van der Waals surface area contributed by atoms with Gasteiger partial charge in [-0.1, -0.05) is 18.2 Å². The standard InChI is InChI=1S/C11H17NO2S/c1-9(12)7-8-10-5-3-4-6-11(10)15(2,13)14/h3-6,9H,7-8,12H2,1-2H3/t9-/m0/s1. The van der Waals surface area contributed by atoms with Crippen LogP contribution in [0.5, 0.6) is 0 Å². The summed E-state index contributed by atoms with van der Waals surface area (Å²) in [6.45, 7) is 1.92. The Balaban J connectivity index is 2.98. The Hall–Kier alpha value is -0.870. The molecule has 1 aromatic rings. The SMILES string of the molecule is C[C@H](N)CCc1ccccc1S(C)(=O)=O. The van der Waals surface area contributed by atoms with Gasteiger partial charge in [-0.25, -0.2) is 8.42 Å². The van der Waals surface area contributed by atoms with E-state index in [9.17, 15) is 8.42 Å². The van der Waals surface area contributed by atoms with E-state index in [1.165, 1.54) is 6.26 Å². The van der Waals surface area contributed by atoms with Crippen LogP contribution in [0.1, 0.15) is 18.9 Å². The van der Waals surface area contributed by atoms with Crippen molar-refractivity contribution in [2.45, 2.75) is 30.7 Å². The van der Waals surface area contributed by atoms with Crippen molar-refractivity contribution in [1.29, 1.82) is 0 Å². The third kappa shape index (κ3) is 3.64. The summed E-state index contributed by atoms with van der Waals surface area (Å²) in [7, 11) is -3.12. The smallest absolute Gasteiger partial charge is 0.175 e. The first-order valence-corrected chi connectivity index (χ1v) is 6.84. The summed E-state index contributed by atoms with van der Waals surface area (Å²) in [4.78, 5) is 0.422.